The topological polar surface area (TPSA) is 53.6 Å². The number of allylic oxidation sites excluding steroid dienone is 1. The maximum Gasteiger partial charge on any atom is 0.175 e. The lowest BCUT2D eigenvalue weighted by Crippen LogP contribution is -2.45. The Labute approximate surface area is 79.5 Å². The Kier molecular flexibility index (Phi) is 4.49. The molecule has 0 bridgehead atoms. The summed E-state index contributed by atoms with van der Waals surface area (Å²) in [6, 6.07) is 0. The molecule has 0 aliphatic carbocycles. The number of nitrogens with zero attached hydrogens (tertiary/aromatic N) is 2. The first-order valence-corrected chi connectivity index (χ1v) is 4.77. The molecule has 0 amide bonds. The second-order valence-electron chi connectivity index (χ2n) is 3.02. The highest BCUT2D eigenvalue weighted by Gasteiger charge is 2.14. The highest BCUT2D eigenvalue weighted by atomic mass is 15.4. The van der Waals surface area contributed by atoms with Crippen molar-refractivity contribution in [2.24, 2.45) is 10.7 Å². The minimum atomic E-state index is 0.0773. The van der Waals surface area contributed by atoms with Gasteiger partial charge in [0.2, 0.25) is 0 Å². The van der Waals surface area contributed by atoms with Crippen LogP contribution >= 0.6 is 0 Å². The molecule has 0 spiro atoms. The molecule has 1 aliphatic rings. The Balaban J connectivity index is 2.43. The van der Waals surface area contributed by atoms with Gasteiger partial charge in [-0.2, -0.15) is 0 Å². The third-order valence-electron chi connectivity index (χ3n) is 1.93. The fourth-order valence-electron chi connectivity index (χ4n) is 1.37. The first-order valence-electron chi connectivity index (χ1n) is 4.77. The van der Waals surface area contributed by atoms with Gasteiger partial charge in [0.25, 0.3) is 0 Å². The lowest BCUT2D eigenvalue weighted by atomic mass is 10.4. The van der Waals surface area contributed by atoms with E-state index in [0.29, 0.717) is 6.54 Å². The zero-order valence-corrected chi connectivity index (χ0v) is 8.11. The lowest BCUT2D eigenvalue weighted by molar-refractivity contribution is 0.189. The smallest absolute Gasteiger partial charge is 0.175 e. The predicted octanol–water partition coefficient (Wildman–Crippen LogP) is 0.128. The normalized spacial score (nSPS) is 20.7. The highest BCUT2D eigenvalue weighted by Crippen LogP contribution is 2.01. The molecular formula is C9H18N4. The summed E-state index contributed by atoms with van der Waals surface area (Å²) in [5.74, 6) is 0. The van der Waals surface area contributed by atoms with E-state index in [0.717, 1.165) is 19.5 Å². The van der Waals surface area contributed by atoms with Gasteiger partial charge in [0, 0.05) is 32.0 Å². The summed E-state index contributed by atoms with van der Waals surface area (Å²) in [5.41, 5.74) is 5.53. The van der Waals surface area contributed by atoms with Crippen LogP contribution in [0.15, 0.2) is 17.3 Å². The lowest BCUT2D eigenvalue weighted by Gasteiger charge is -2.29. The predicted molar refractivity (Wildman–Crippen MR) is 55.5 cm³/mol. The van der Waals surface area contributed by atoms with Crippen LogP contribution in [-0.4, -0.2) is 37.0 Å². The van der Waals surface area contributed by atoms with E-state index in [-0.39, 0.29) is 6.29 Å². The van der Waals surface area contributed by atoms with Gasteiger partial charge in [0.05, 0.1) is 0 Å². The number of aliphatic imine (C=N–C) groups is 1. The molecule has 0 aromatic heterocycles. The van der Waals surface area contributed by atoms with Crippen LogP contribution in [-0.2, 0) is 0 Å². The molecule has 1 rings (SSSR count). The van der Waals surface area contributed by atoms with Crippen LogP contribution in [0, 0.1) is 0 Å². The fourth-order valence-corrected chi connectivity index (χ4v) is 1.37. The molecule has 0 saturated heterocycles. The fraction of sp³-hybridized carbons (Fsp3) is 0.667. The number of hydrogen-bond donors (Lipinski definition) is 2. The van der Waals surface area contributed by atoms with Crippen molar-refractivity contribution in [3.8, 4) is 0 Å². The molecule has 0 saturated carbocycles. The second kappa shape index (κ2) is 5.72. The molecular weight excluding hydrogens is 164 g/mol. The molecule has 74 valence electrons. The third-order valence-corrected chi connectivity index (χ3v) is 1.93. The molecule has 1 heterocycles. The molecule has 3 N–H and O–H groups in total. The Hall–Kier alpha value is -0.870. The maximum atomic E-state index is 5.53. The molecule has 1 aliphatic heterocycles. The summed E-state index contributed by atoms with van der Waals surface area (Å²) in [5, 5.41) is 3.18. The van der Waals surface area contributed by atoms with Gasteiger partial charge in [-0.05, 0) is 12.5 Å². The van der Waals surface area contributed by atoms with Gasteiger partial charge in [-0.3, -0.25) is 9.89 Å². The van der Waals surface area contributed by atoms with Crippen LogP contribution in [0.25, 0.3) is 0 Å². The van der Waals surface area contributed by atoms with Crippen molar-refractivity contribution in [1.82, 2.24) is 10.2 Å². The van der Waals surface area contributed by atoms with Crippen molar-refractivity contribution in [1.29, 1.82) is 0 Å². The number of nitrogens with two attached hydrogens (primary N) is 1. The van der Waals surface area contributed by atoms with E-state index in [1.54, 1.807) is 0 Å². The summed E-state index contributed by atoms with van der Waals surface area (Å²) in [6.45, 7) is 4.75. The van der Waals surface area contributed by atoms with Crippen LogP contribution in [0.3, 0.4) is 0 Å². The average molecular weight is 182 g/mol. The van der Waals surface area contributed by atoms with Crippen LogP contribution in [0.2, 0.25) is 0 Å². The van der Waals surface area contributed by atoms with Crippen molar-refractivity contribution in [2.75, 3.05) is 19.6 Å². The Morgan fingerprint density at radius 1 is 1.54 bits per heavy atom. The van der Waals surface area contributed by atoms with Crippen LogP contribution in [0.4, 0.5) is 0 Å². The monoisotopic (exact) mass is 182 g/mol. The molecule has 0 aromatic carbocycles. The van der Waals surface area contributed by atoms with Gasteiger partial charge in [0.1, 0.15) is 0 Å². The van der Waals surface area contributed by atoms with E-state index in [9.17, 15) is 0 Å². The Morgan fingerprint density at radius 3 is 2.92 bits per heavy atom. The van der Waals surface area contributed by atoms with Gasteiger partial charge in [-0.25, -0.2) is 0 Å². The molecule has 1 unspecified atom stereocenters. The van der Waals surface area contributed by atoms with Crippen LogP contribution in [0.5, 0.6) is 0 Å². The van der Waals surface area contributed by atoms with Gasteiger partial charge in [-0.1, -0.05) is 6.92 Å². The molecule has 1 atom stereocenters. The zero-order valence-electron chi connectivity index (χ0n) is 8.11. The summed E-state index contributed by atoms with van der Waals surface area (Å²) >= 11 is 0. The number of rotatable bonds is 5. The first kappa shape index (κ1) is 10.2. The molecule has 0 radical (unpaired) electrons. The minimum Gasteiger partial charge on any atom is -0.358 e. The molecule has 0 aromatic rings. The van der Waals surface area contributed by atoms with Crippen molar-refractivity contribution >= 4 is 6.21 Å². The van der Waals surface area contributed by atoms with Crippen molar-refractivity contribution in [3.63, 3.8) is 0 Å². The summed E-state index contributed by atoms with van der Waals surface area (Å²) in [4.78, 5) is 6.55. The van der Waals surface area contributed by atoms with E-state index in [1.807, 2.05) is 18.5 Å². The van der Waals surface area contributed by atoms with Crippen LogP contribution in [0.1, 0.15) is 13.3 Å². The zero-order chi connectivity index (χ0) is 9.52. The Bertz CT molecular complexity index is 182. The van der Waals surface area contributed by atoms with Crippen molar-refractivity contribution in [3.05, 3.63) is 12.3 Å². The summed E-state index contributed by atoms with van der Waals surface area (Å²) in [7, 11) is 0. The van der Waals surface area contributed by atoms with Gasteiger partial charge < -0.3 is 11.1 Å². The average Bonchev–Trinajstić information content (AvgIpc) is 2.19. The quantitative estimate of drug-likeness (QED) is 0.635. The highest BCUT2D eigenvalue weighted by molar-refractivity contribution is 5.71. The van der Waals surface area contributed by atoms with E-state index in [4.69, 9.17) is 5.73 Å². The van der Waals surface area contributed by atoms with Gasteiger partial charge in [-0.15, -0.1) is 0 Å². The third kappa shape index (κ3) is 3.16. The van der Waals surface area contributed by atoms with E-state index >= 15 is 0 Å². The van der Waals surface area contributed by atoms with Crippen molar-refractivity contribution < 1.29 is 0 Å². The number of hydrogen-bond acceptors (Lipinski definition) is 4. The summed E-state index contributed by atoms with van der Waals surface area (Å²) < 4.78 is 0. The second-order valence-corrected chi connectivity index (χ2v) is 3.02. The SMILES string of the molecule is CCCN(CCN)C1N=CC=CN1. The first-order chi connectivity index (χ1) is 6.38. The van der Waals surface area contributed by atoms with Gasteiger partial charge >= 0.3 is 0 Å². The minimum absolute atomic E-state index is 0.0773. The van der Waals surface area contributed by atoms with E-state index in [2.05, 4.69) is 22.1 Å². The standard InChI is InChI=1S/C9H18N4/c1-2-7-13(8-4-10)9-11-5-3-6-12-9/h3,5-6,9,11H,2,4,7-8,10H2,1H3. The summed E-state index contributed by atoms with van der Waals surface area (Å²) in [6.07, 6.45) is 6.83. The van der Waals surface area contributed by atoms with E-state index < -0.39 is 0 Å². The Morgan fingerprint density at radius 2 is 2.38 bits per heavy atom. The van der Waals surface area contributed by atoms with Crippen LogP contribution < -0.4 is 11.1 Å². The molecule has 4 heteroatoms. The van der Waals surface area contributed by atoms with Crippen molar-refractivity contribution in [2.45, 2.75) is 19.6 Å². The van der Waals surface area contributed by atoms with E-state index in [1.165, 1.54) is 0 Å². The molecule has 4 nitrogen and oxygen atoms in total. The molecule has 0 fully saturated rings. The molecule has 13 heavy (non-hydrogen) atoms. The largest absolute Gasteiger partial charge is 0.358 e. The number of nitrogens with one attached hydrogen (secondary N) is 1. The maximum absolute atomic E-state index is 5.53. The van der Waals surface area contributed by atoms with Gasteiger partial charge in [0.15, 0.2) is 6.29 Å².